The van der Waals surface area contributed by atoms with Gasteiger partial charge in [0.1, 0.15) is 11.6 Å². The fraction of sp³-hybridized carbons (Fsp3) is 0.217. The van der Waals surface area contributed by atoms with Crippen molar-refractivity contribution in [2.75, 3.05) is 7.11 Å². The monoisotopic (exact) mass is 416 g/mol. The SMILES string of the molecule is CCc1c(C(=O)NCc2nc(-c3ccc(OC)cc3)n[nH]2)cnn1-c1ccc(C)cc1. The van der Waals surface area contributed by atoms with E-state index in [4.69, 9.17) is 4.74 Å². The third-order valence-electron chi connectivity index (χ3n) is 5.02. The summed E-state index contributed by atoms with van der Waals surface area (Å²) < 4.78 is 6.98. The van der Waals surface area contributed by atoms with Gasteiger partial charge in [-0.2, -0.15) is 10.2 Å². The number of hydrogen-bond donors (Lipinski definition) is 2. The van der Waals surface area contributed by atoms with Gasteiger partial charge in [-0.3, -0.25) is 9.89 Å². The first-order chi connectivity index (χ1) is 15.1. The minimum Gasteiger partial charge on any atom is -0.497 e. The number of carbonyl (C=O) groups excluding carboxylic acids is 1. The Morgan fingerprint density at radius 1 is 1.13 bits per heavy atom. The van der Waals surface area contributed by atoms with Crippen LogP contribution in [0.3, 0.4) is 0 Å². The van der Waals surface area contributed by atoms with Gasteiger partial charge in [0.15, 0.2) is 5.82 Å². The molecule has 0 saturated heterocycles. The Morgan fingerprint density at radius 3 is 2.55 bits per heavy atom. The molecule has 0 aliphatic heterocycles. The summed E-state index contributed by atoms with van der Waals surface area (Å²) in [5.41, 5.74) is 4.38. The van der Waals surface area contributed by atoms with Crippen LogP contribution < -0.4 is 10.1 Å². The lowest BCUT2D eigenvalue weighted by Crippen LogP contribution is -2.24. The highest BCUT2D eigenvalue weighted by atomic mass is 16.5. The molecule has 0 spiro atoms. The molecule has 0 unspecified atom stereocenters. The highest BCUT2D eigenvalue weighted by Crippen LogP contribution is 2.19. The molecule has 2 heterocycles. The zero-order chi connectivity index (χ0) is 21.8. The van der Waals surface area contributed by atoms with E-state index in [0.717, 1.165) is 22.7 Å². The number of nitrogens with zero attached hydrogens (tertiary/aromatic N) is 4. The summed E-state index contributed by atoms with van der Waals surface area (Å²) in [6, 6.07) is 15.5. The van der Waals surface area contributed by atoms with Crippen molar-refractivity contribution in [2.24, 2.45) is 0 Å². The van der Waals surface area contributed by atoms with E-state index in [1.165, 1.54) is 5.56 Å². The Hall–Kier alpha value is -3.94. The van der Waals surface area contributed by atoms with E-state index in [0.29, 0.717) is 23.6 Å². The molecule has 0 fully saturated rings. The van der Waals surface area contributed by atoms with Gasteiger partial charge in [0, 0.05) is 5.56 Å². The van der Waals surface area contributed by atoms with E-state index in [1.807, 2.05) is 67.1 Å². The predicted octanol–water partition coefficient (Wildman–Crippen LogP) is 3.47. The maximum Gasteiger partial charge on any atom is 0.255 e. The summed E-state index contributed by atoms with van der Waals surface area (Å²) >= 11 is 0. The number of benzene rings is 2. The highest BCUT2D eigenvalue weighted by molar-refractivity contribution is 5.95. The van der Waals surface area contributed by atoms with E-state index >= 15 is 0 Å². The zero-order valence-corrected chi connectivity index (χ0v) is 17.7. The third kappa shape index (κ3) is 4.32. The van der Waals surface area contributed by atoms with Crippen LogP contribution in [0.15, 0.2) is 54.7 Å². The van der Waals surface area contributed by atoms with Gasteiger partial charge in [-0.1, -0.05) is 24.6 Å². The number of methoxy groups -OCH3 is 1. The van der Waals surface area contributed by atoms with E-state index in [9.17, 15) is 4.79 Å². The molecular formula is C23H24N6O2. The lowest BCUT2D eigenvalue weighted by Gasteiger charge is -2.08. The molecular weight excluding hydrogens is 392 g/mol. The summed E-state index contributed by atoms with van der Waals surface area (Å²) in [5, 5.41) is 14.4. The Morgan fingerprint density at radius 2 is 1.87 bits per heavy atom. The normalized spacial score (nSPS) is 10.8. The standard InChI is InChI=1S/C23H24N6O2/c1-4-20-19(13-25-29(20)17-9-5-15(2)6-10-17)23(30)24-14-21-26-22(28-27-21)16-7-11-18(31-3)12-8-16/h5-13H,4,14H2,1-3H3,(H,24,30)(H,26,27,28). The minimum atomic E-state index is -0.197. The summed E-state index contributed by atoms with van der Waals surface area (Å²) in [6.45, 7) is 4.28. The van der Waals surface area contributed by atoms with Crippen LogP contribution in [0.25, 0.3) is 17.1 Å². The maximum atomic E-state index is 12.8. The third-order valence-corrected chi connectivity index (χ3v) is 5.02. The summed E-state index contributed by atoms with van der Waals surface area (Å²) in [4.78, 5) is 17.3. The van der Waals surface area contributed by atoms with Crippen LogP contribution in [0, 0.1) is 6.92 Å². The quantitative estimate of drug-likeness (QED) is 0.481. The molecule has 0 radical (unpaired) electrons. The first-order valence-corrected chi connectivity index (χ1v) is 10.1. The molecule has 158 valence electrons. The Balaban J connectivity index is 1.45. The average Bonchev–Trinajstić information content (AvgIpc) is 3.45. The molecule has 8 nitrogen and oxygen atoms in total. The number of aromatic amines is 1. The van der Waals surface area contributed by atoms with Crippen LogP contribution in [0.4, 0.5) is 0 Å². The largest absolute Gasteiger partial charge is 0.497 e. The number of aryl methyl sites for hydroxylation is 1. The number of hydrogen-bond acceptors (Lipinski definition) is 5. The van der Waals surface area contributed by atoms with Crippen molar-refractivity contribution in [1.82, 2.24) is 30.3 Å². The molecule has 8 heteroatoms. The fourth-order valence-corrected chi connectivity index (χ4v) is 3.31. The number of amides is 1. The fourth-order valence-electron chi connectivity index (χ4n) is 3.31. The summed E-state index contributed by atoms with van der Waals surface area (Å²) in [7, 11) is 1.62. The Kier molecular flexibility index (Phi) is 5.79. The van der Waals surface area contributed by atoms with Crippen LogP contribution in [0.5, 0.6) is 5.75 Å². The number of carbonyl (C=O) groups is 1. The molecule has 0 bridgehead atoms. The van der Waals surface area contributed by atoms with Crippen molar-refractivity contribution in [1.29, 1.82) is 0 Å². The van der Waals surface area contributed by atoms with Gasteiger partial charge < -0.3 is 10.1 Å². The molecule has 0 aliphatic rings. The molecule has 4 aromatic rings. The van der Waals surface area contributed by atoms with Gasteiger partial charge in [-0.05, 0) is 49.7 Å². The second-order valence-electron chi connectivity index (χ2n) is 7.12. The molecule has 0 atom stereocenters. The van der Waals surface area contributed by atoms with Gasteiger partial charge in [0.05, 0.1) is 36.8 Å². The molecule has 2 N–H and O–H groups in total. The van der Waals surface area contributed by atoms with Gasteiger partial charge in [-0.15, -0.1) is 0 Å². The van der Waals surface area contributed by atoms with Crippen molar-refractivity contribution in [3.63, 3.8) is 0 Å². The topological polar surface area (TPSA) is 97.7 Å². The molecule has 31 heavy (non-hydrogen) atoms. The van der Waals surface area contributed by atoms with Gasteiger partial charge in [0.25, 0.3) is 5.91 Å². The van der Waals surface area contributed by atoms with Crippen LogP contribution in [-0.4, -0.2) is 38.0 Å². The molecule has 0 aliphatic carbocycles. The van der Waals surface area contributed by atoms with Gasteiger partial charge in [-0.25, -0.2) is 9.67 Å². The average molecular weight is 416 g/mol. The second-order valence-corrected chi connectivity index (χ2v) is 7.12. The number of H-pyrrole nitrogens is 1. The number of ether oxygens (including phenoxy) is 1. The van der Waals surface area contributed by atoms with Crippen LogP contribution in [0.2, 0.25) is 0 Å². The van der Waals surface area contributed by atoms with Crippen LogP contribution in [-0.2, 0) is 13.0 Å². The van der Waals surface area contributed by atoms with E-state index in [2.05, 4.69) is 25.6 Å². The molecule has 2 aromatic heterocycles. The van der Waals surface area contributed by atoms with Crippen LogP contribution >= 0.6 is 0 Å². The van der Waals surface area contributed by atoms with Crippen LogP contribution in [0.1, 0.15) is 34.4 Å². The number of aromatic nitrogens is 5. The van der Waals surface area contributed by atoms with E-state index < -0.39 is 0 Å². The van der Waals surface area contributed by atoms with Crippen molar-refractivity contribution >= 4 is 5.91 Å². The molecule has 0 saturated carbocycles. The summed E-state index contributed by atoms with van der Waals surface area (Å²) in [5.74, 6) is 1.71. The second kappa shape index (κ2) is 8.83. The first kappa shape index (κ1) is 20.3. The van der Waals surface area contributed by atoms with E-state index in [-0.39, 0.29) is 12.5 Å². The number of nitrogens with one attached hydrogen (secondary N) is 2. The van der Waals surface area contributed by atoms with Crippen molar-refractivity contribution in [3.05, 3.63) is 77.4 Å². The van der Waals surface area contributed by atoms with Gasteiger partial charge in [0.2, 0.25) is 0 Å². The van der Waals surface area contributed by atoms with Crippen molar-refractivity contribution < 1.29 is 9.53 Å². The lowest BCUT2D eigenvalue weighted by molar-refractivity contribution is 0.0949. The zero-order valence-electron chi connectivity index (χ0n) is 17.7. The first-order valence-electron chi connectivity index (χ1n) is 10.1. The van der Waals surface area contributed by atoms with Crippen molar-refractivity contribution in [2.45, 2.75) is 26.8 Å². The molecule has 1 amide bonds. The van der Waals surface area contributed by atoms with Gasteiger partial charge >= 0.3 is 0 Å². The Bertz CT molecular complexity index is 1180. The molecule has 2 aromatic carbocycles. The smallest absolute Gasteiger partial charge is 0.255 e. The summed E-state index contributed by atoms with van der Waals surface area (Å²) in [6.07, 6.45) is 2.29. The van der Waals surface area contributed by atoms with Crippen molar-refractivity contribution in [3.8, 4) is 22.8 Å². The highest BCUT2D eigenvalue weighted by Gasteiger charge is 2.17. The maximum absolute atomic E-state index is 12.8. The lowest BCUT2D eigenvalue weighted by atomic mass is 10.1. The van der Waals surface area contributed by atoms with E-state index in [1.54, 1.807) is 13.3 Å². The minimum absolute atomic E-state index is 0.197. The predicted molar refractivity (Wildman–Crippen MR) is 117 cm³/mol. The molecule has 4 rings (SSSR count). The number of rotatable bonds is 7. The Labute approximate surface area is 180 Å².